The van der Waals surface area contributed by atoms with E-state index in [-0.39, 0.29) is 12.0 Å². The van der Waals surface area contributed by atoms with Crippen LogP contribution in [0.1, 0.15) is 23.3 Å². The topological polar surface area (TPSA) is 81.1 Å². The van der Waals surface area contributed by atoms with E-state index in [9.17, 15) is 4.79 Å². The smallest absolute Gasteiger partial charge is 0.316 e. The number of nitrogens with zero attached hydrogens (tertiary/aromatic N) is 5. The molecule has 7 nitrogen and oxygen atoms in total. The highest BCUT2D eigenvalue weighted by Crippen LogP contribution is 2.16. The number of carbonyl (C=O) groups is 1. The highest BCUT2D eigenvalue weighted by molar-refractivity contribution is 5.92. The average molecular weight is 285 g/mol. The molecule has 1 fully saturated rings. The van der Waals surface area contributed by atoms with Crippen molar-refractivity contribution in [2.75, 3.05) is 13.1 Å². The van der Waals surface area contributed by atoms with Gasteiger partial charge in [-0.2, -0.15) is 0 Å². The van der Waals surface area contributed by atoms with Crippen molar-refractivity contribution in [1.82, 2.24) is 24.8 Å². The Labute approximate surface area is 122 Å². The Morgan fingerprint density at radius 2 is 1.86 bits per heavy atom. The number of rotatable bonds is 3. The van der Waals surface area contributed by atoms with Gasteiger partial charge in [0.15, 0.2) is 0 Å². The Balaban J connectivity index is 1.54. The first-order chi connectivity index (χ1) is 10.3. The quantitative estimate of drug-likeness (QED) is 0.835. The zero-order valence-electron chi connectivity index (χ0n) is 11.4. The van der Waals surface area contributed by atoms with Gasteiger partial charge in [0, 0.05) is 50.7 Å². The zero-order valence-corrected chi connectivity index (χ0v) is 11.4. The van der Waals surface area contributed by atoms with E-state index in [0.717, 1.165) is 12.8 Å². The van der Waals surface area contributed by atoms with Crippen molar-refractivity contribution < 1.29 is 9.53 Å². The molecule has 3 heterocycles. The van der Waals surface area contributed by atoms with E-state index in [4.69, 9.17) is 4.74 Å². The number of hydrogen-bond acceptors (Lipinski definition) is 6. The van der Waals surface area contributed by atoms with Gasteiger partial charge in [-0.25, -0.2) is 15.0 Å². The van der Waals surface area contributed by atoms with Crippen LogP contribution in [0.3, 0.4) is 0 Å². The van der Waals surface area contributed by atoms with E-state index in [1.807, 2.05) is 0 Å². The lowest BCUT2D eigenvalue weighted by Crippen LogP contribution is -2.42. The summed E-state index contributed by atoms with van der Waals surface area (Å²) >= 11 is 0. The van der Waals surface area contributed by atoms with Gasteiger partial charge in [0.05, 0.1) is 6.20 Å². The number of ether oxygens (including phenoxy) is 1. The van der Waals surface area contributed by atoms with Crippen molar-refractivity contribution >= 4 is 5.91 Å². The third kappa shape index (κ3) is 3.31. The van der Waals surface area contributed by atoms with E-state index in [1.165, 1.54) is 12.4 Å². The van der Waals surface area contributed by atoms with Crippen molar-refractivity contribution in [1.29, 1.82) is 0 Å². The summed E-state index contributed by atoms with van der Waals surface area (Å²) in [5.74, 6) is -0.0856. The Morgan fingerprint density at radius 3 is 2.52 bits per heavy atom. The molecule has 108 valence electrons. The van der Waals surface area contributed by atoms with Gasteiger partial charge in [0.2, 0.25) is 0 Å². The number of amides is 1. The molecule has 1 amide bonds. The summed E-state index contributed by atoms with van der Waals surface area (Å²) in [6.45, 7) is 1.26. The molecule has 3 rings (SSSR count). The first kappa shape index (κ1) is 13.4. The molecular weight excluding hydrogens is 270 g/mol. The van der Waals surface area contributed by atoms with Crippen LogP contribution in [-0.2, 0) is 0 Å². The molecule has 0 bridgehead atoms. The fourth-order valence-electron chi connectivity index (χ4n) is 2.24. The lowest BCUT2D eigenvalue weighted by atomic mass is 10.1. The molecule has 0 radical (unpaired) electrons. The Hall–Kier alpha value is -2.57. The van der Waals surface area contributed by atoms with Crippen molar-refractivity contribution in [3.05, 3.63) is 42.7 Å². The van der Waals surface area contributed by atoms with Crippen LogP contribution in [0.15, 0.2) is 37.1 Å². The van der Waals surface area contributed by atoms with Crippen LogP contribution in [0.4, 0.5) is 0 Å². The lowest BCUT2D eigenvalue weighted by Gasteiger charge is -2.31. The highest BCUT2D eigenvalue weighted by atomic mass is 16.5. The van der Waals surface area contributed by atoms with Gasteiger partial charge in [-0.05, 0) is 6.07 Å². The van der Waals surface area contributed by atoms with Gasteiger partial charge >= 0.3 is 6.01 Å². The predicted octanol–water partition coefficient (Wildman–Crippen LogP) is 0.950. The maximum absolute atomic E-state index is 12.2. The summed E-state index contributed by atoms with van der Waals surface area (Å²) in [4.78, 5) is 30.0. The monoisotopic (exact) mass is 285 g/mol. The molecule has 2 aromatic rings. The minimum atomic E-state index is -0.0856. The van der Waals surface area contributed by atoms with Crippen molar-refractivity contribution in [3.63, 3.8) is 0 Å². The molecule has 21 heavy (non-hydrogen) atoms. The van der Waals surface area contributed by atoms with Gasteiger partial charge in [0.25, 0.3) is 5.91 Å². The molecule has 0 spiro atoms. The number of hydrogen-bond donors (Lipinski definition) is 0. The molecule has 0 unspecified atom stereocenters. The van der Waals surface area contributed by atoms with Crippen molar-refractivity contribution in [2.45, 2.75) is 18.9 Å². The van der Waals surface area contributed by atoms with E-state index < -0.39 is 0 Å². The van der Waals surface area contributed by atoms with E-state index in [1.54, 1.807) is 29.6 Å². The van der Waals surface area contributed by atoms with Crippen molar-refractivity contribution in [3.8, 4) is 6.01 Å². The molecule has 1 aliphatic heterocycles. The molecule has 0 aromatic carbocycles. The second-order valence-electron chi connectivity index (χ2n) is 4.73. The maximum Gasteiger partial charge on any atom is 0.316 e. The summed E-state index contributed by atoms with van der Waals surface area (Å²) < 4.78 is 5.70. The molecular formula is C14H15N5O2. The number of piperidine rings is 1. The van der Waals surface area contributed by atoms with E-state index in [0.29, 0.717) is 24.8 Å². The minimum absolute atomic E-state index is 0.0401. The minimum Gasteiger partial charge on any atom is -0.460 e. The Morgan fingerprint density at radius 1 is 1.10 bits per heavy atom. The first-order valence-corrected chi connectivity index (χ1v) is 6.82. The highest BCUT2D eigenvalue weighted by Gasteiger charge is 2.25. The number of likely N-dealkylation sites (tertiary alicyclic amines) is 1. The largest absolute Gasteiger partial charge is 0.460 e. The molecule has 0 atom stereocenters. The van der Waals surface area contributed by atoms with Gasteiger partial charge < -0.3 is 9.64 Å². The third-order valence-electron chi connectivity index (χ3n) is 3.33. The first-order valence-electron chi connectivity index (χ1n) is 6.82. The van der Waals surface area contributed by atoms with Crippen LogP contribution in [0.2, 0.25) is 0 Å². The van der Waals surface area contributed by atoms with Gasteiger partial charge in [0.1, 0.15) is 11.8 Å². The number of aromatic nitrogens is 4. The van der Waals surface area contributed by atoms with E-state index >= 15 is 0 Å². The van der Waals surface area contributed by atoms with Gasteiger partial charge in [-0.15, -0.1) is 0 Å². The molecule has 2 aromatic heterocycles. The standard InChI is InChI=1S/C14H15N5O2/c20-13(12-10-15-6-7-16-12)19-8-2-11(3-9-19)21-14-17-4-1-5-18-14/h1,4-7,10-11H,2-3,8-9H2. The fourth-order valence-corrected chi connectivity index (χ4v) is 2.24. The third-order valence-corrected chi connectivity index (χ3v) is 3.33. The normalized spacial score (nSPS) is 15.7. The second-order valence-corrected chi connectivity index (χ2v) is 4.73. The van der Waals surface area contributed by atoms with Gasteiger partial charge in [-0.1, -0.05) is 0 Å². The maximum atomic E-state index is 12.2. The fraction of sp³-hybridized carbons (Fsp3) is 0.357. The van der Waals surface area contributed by atoms with Crippen LogP contribution in [0, 0.1) is 0 Å². The molecule has 1 saturated heterocycles. The van der Waals surface area contributed by atoms with Gasteiger partial charge in [-0.3, -0.25) is 9.78 Å². The van der Waals surface area contributed by atoms with E-state index in [2.05, 4.69) is 19.9 Å². The predicted molar refractivity (Wildman–Crippen MR) is 73.6 cm³/mol. The summed E-state index contributed by atoms with van der Waals surface area (Å²) in [5.41, 5.74) is 0.378. The van der Waals surface area contributed by atoms with Crippen LogP contribution in [-0.4, -0.2) is 49.9 Å². The Kier molecular flexibility index (Phi) is 3.99. The molecule has 0 saturated carbocycles. The molecule has 0 aliphatic carbocycles. The van der Waals surface area contributed by atoms with Crippen molar-refractivity contribution in [2.24, 2.45) is 0 Å². The lowest BCUT2D eigenvalue weighted by molar-refractivity contribution is 0.0573. The molecule has 7 heteroatoms. The molecule has 0 N–H and O–H groups in total. The van der Waals surface area contributed by atoms with Crippen LogP contribution in [0.5, 0.6) is 6.01 Å². The average Bonchev–Trinajstić information content (AvgIpc) is 2.57. The number of carbonyl (C=O) groups excluding carboxylic acids is 1. The van der Waals surface area contributed by atoms with Crippen LogP contribution >= 0.6 is 0 Å². The van der Waals surface area contributed by atoms with Crippen LogP contribution in [0.25, 0.3) is 0 Å². The molecule has 1 aliphatic rings. The van der Waals surface area contributed by atoms with Crippen LogP contribution < -0.4 is 4.74 Å². The SMILES string of the molecule is O=C(c1cnccn1)N1CCC(Oc2ncccn2)CC1. The second kappa shape index (κ2) is 6.25. The summed E-state index contributed by atoms with van der Waals surface area (Å²) in [7, 11) is 0. The summed E-state index contributed by atoms with van der Waals surface area (Å²) in [6.07, 6.45) is 9.41. The Bertz CT molecular complexity index is 585. The summed E-state index contributed by atoms with van der Waals surface area (Å²) in [5, 5.41) is 0. The zero-order chi connectivity index (χ0) is 14.5. The summed E-state index contributed by atoms with van der Waals surface area (Å²) in [6, 6.07) is 2.13.